The SMILES string of the molecule is C=C/C=c1/nc(SCC(=O)N2CCCc3ccccc32)o/c1=C/C.CC.CC.CC. The fraction of sp³-hybridized carbons (Fsp3) is 0.440. The maximum atomic E-state index is 12.6. The molecule has 0 radical (unpaired) electrons. The summed E-state index contributed by atoms with van der Waals surface area (Å²) in [6, 6.07) is 8.11. The van der Waals surface area contributed by atoms with Crippen LogP contribution in [0.5, 0.6) is 0 Å². The van der Waals surface area contributed by atoms with Crippen LogP contribution in [0.25, 0.3) is 12.2 Å². The maximum absolute atomic E-state index is 12.6. The van der Waals surface area contributed by atoms with Crippen LogP contribution >= 0.6 is 11.8 Å². The third-order valence-electron chi connectivity index (χ3n) is 3.93. The molecule has 4 nitrogen and oxygen atoms in total. The highest BCUT2D eigenvalue weighted by Gasteiger charge is 2.22. The second kappa shape index (κ2) is 16.5. The monoisotopic (exact) mass is 430 g/mol. The number of anilines is 1. The number of aryl methyl sites for hydroxylation is 1. The van der Waals surface area contributed by atoms with Gasteiger partial charge in [0.15, 0.2) is 5.42 Å². The van der Waals surface area contributed by atoms with Gasteiger partial charge in [-0.3, -0.25) is 4.79 Å². The van der Waals surface area contributed by atoms with Crippen LogP contribution in [0.15, 0.2) is 46.6 Å². The van der Waals surface area contributed by atoms with E-state index in [9.17, 15) is 4.79 Å². The van der Waals surface area contributed by atoms with Crippen molar-refractivity contribution in [1.29, 1.82) is 0 Å². The summed E-state index contributed by atoms with van der Waals surface area (Å²) in [5.74, 6) is 0.396. The van der Waals surface area contributed by atoms with Gasteiger partial charge in [-0.15, -0.1) is 0 Å². The number of aromatic nitrogens is 1. The maximum Gasteiger partial charge on any atom is 0.257 e. The Labute approximate surface area is 186 Å². The molecule has 166 valence electrons. The molecule has 0 saturated carbocycles. The number of fused-ring (bicyclic) bond motifs is 1. The van der Waals surface area contributed by atoms with Gasteiger partial charge >= 0.3 is 0 Å². The molecule has 1 aliphatic heterocycles. The van der Waals surface area contributed by atoms with E-state index < -0.39 is 0 Å². The van der Waals surface area contributed by atoms with Gasteiger partial charge in [-0.1, -0.05) is 84.2 Å². The summed E-state index contributed by atoms with van der Waals surface area (Å²) >= 11 is 1.33. The smallest absolute Gasteiger partial charge is 0.257 e. The topological polar surface area (TPSA) is 46.3 Å². The number of carbonyl (C=O) groups is 1. The summed E-state index contributed by atoms with van der Waals surface area (Å²) in [5, 5.41) is 1.25. The molecule has 0 N–H and O–H groups in total. The lowest BCUT2D eigenvalue weighted by atomic mass is 10.0. The molecule has 5 heteroatoms. The Kier molecular flexibility index (Phi) is 15.3. The third kappa shape index (κ3) is 7.86. The molecular formula is C25H38N2O2S. The number of amides is 1. The Morgan fingerprint density at radius 2 is 1.87 bits per heavy atom. The van der Waals surface area contributed by atoms with Gasteiger partial charge < -0.3 is 9.32 Å². The molecular weight excluding hydrogens is 392 g/mol. The van der Waals surface area contributed by atoms with Crippen molar-refractivity contribution in [2.45, 2.75) is 66.5 Å². The van der Waals surface area contributed by atoms with Crippen LogP contribution in [-0.4, -0.2) is 23.2 Å². The van der Waals surface area contributed by atoms with Gasteiger partial charge in [0, 0.05) is 12.2 Å². The number of benzene rings is 1. The van der Waals surface area contributed by atoms with E-state index >= 15 is 0 Å². The minimum atomic E-state index is 0.0848. The minimum Gasteiger partial charge on any atom is -0.432 e. The van der Waals surface area contributed by atoms with Gasteiger partial charge in [0.25, 0.3) is 5.22 Å². The van der Waals surface area contributed by atoms with Crippen LogP contribution < -0.4 is 15.7 Å². The Bertz CT molecular complexity index is 872. The summed E-state index contributed by atoms with van der Waals surface area (Å²) in [6.07, 6.45) is 7.36. The van der Waals surface area contributed by atoms with Crippen molar-refractivity contribution in [2.24, 2.45) is 0 Å². The van der Waals surface area contributed by atoms with Crippen molar-refractivity contribution < 1.29 is 9.21 Å². The number of allylic oxidation sites excluding steroid dienone is 1. The molecule has 1 aromatic heterocycles. The number of rotatable bonds is 4. The first-order chi connectivity index (χ1) is 14.7. The number of thioether (sulfide) groups is 1. The van der Waals surface area contributed by atoms with E-state index in [-0.39, 0.29) is 5.91 Å². The molecule has 0 spiro atoms. The predicted octanol–water partition coefficient (Wildman–Crippen LogP) is 5.59. The Morgan fingerprint density at radius 1 is 1.20 bits per heavy atom. The lowest BCUT2D eigenvalue weighted by molar-refractivity contribution is -0.116. The average molecular weight is 431 g/mol. The van der Waals surface area contributed by atoms with Crippen molar-refractivity contribution in [3.63, 3.8) is 0 Å². The van der Waals surface area contributed by atoms with Crippen molar-refractivity contribution in [3.8, 4) is 0 Å². The fourth-order valence-corrected chi connectivity index (χ4v) is 3.53. The normalized spacial score (nSPS) is 13.0. The van der Waals surface area contributed by atoms with Gasteiger partial charge in [-0.2, -0.15) is 0 Å². The highest BCUT2D eigenvalue weighted by atomic mass is 32.2. The zero-order valence-electron chi connectivity index (χ0n) is 19.7. The van der Waals surface area contributed by atoms with Crippen molar-refractivity contribution in [3.05, 3.63) is 53.2 Å². The molecule has 1 aromatic carbocycles. The molecule has 0 fully saturated rings. The second-order valence-corrected chi connectivity index (χ2v) is 6.41. The number of carbonyl (C=O) groups excluding carboxylic acids is 1. The molecule has 0 bridgehead atoms. The van der Waals surface area contributed by atoms with Crippen LogP contribution in [-0.2, 0) is 11.2 Å². The summed E-state index contributed by atoms with van der Waals surface area (Å²) in [5.41, 5.74) is 2.97. The predicted molar refractivity (Wildman–Crippen MR) is 132 cm³/mol. The van der Waals surface area contributed by atoms with Gasteiger partial charge in [-0.05, 0) is 43.5 Å². The third-order valence-corrected chi connectivity index (χ3v) is 4.74. The van der Waals surface area contributed by atoms with E-state index in [0.29, 0.717) is 16.4 Å². The largest absolute Gasteiger partial charge is 0.432 e. The molecule has 0 saturated heterocycles. The summed E-state index contributed by atoms with van der Waals surface area (Å²) in [4.78, 5) is 18.9. The average Bonchev–Trinajstić information content (AvgIpc) is 3.23. The first-order valence-electron chi connectivity index (χ1n) is 11.0. The molecule has 30 heavy (non-hydrogen) atoms. The van der Waals surface area contributed by atoms with E-state index in [1.54, 1.807) is 12.2 Å². The van der Waals surface area contributed by atoms with Crippen molar-refractivity contribution in [2.75, 3.05) is 17.2 Å². The number of hydrogen-bond donors (Lipinski definition) is 0. The summed E-state index contributed by atoms with van der Waals surface area (Å²) < 4.78 is 5.67. The molecule has 3 rings (SSSR count). The van der Waals surface area contributed by atoms with Crippen molar-refractivity contribution >= 4 is 35.5 Å². The van der Waals surface area contributed by atoms with Crippen LogP contribution in [0.4, 0.5) is 5.69 Å². The standard InChI is InChI=1S/C19H20N2O2S.3C2H6/c1-3-8-15-17(4-2)23-19(20-15)24-13-18(22)21-12-7-10-14-9-5-6-11-16(14)21;3*1-2/h3-6,8-9,11H,1,7,10,12-13H2,2H3;3*1-2H3/b15-8+,17-4+;;;. The second-order valence-electron chi connectivity index (χ2n) is 5.49. The van der Waals surface area contributed by atoms with Crippen LogP contribution in [0.3, 0.4) is 0 Å². The van der Waals surface area contributed by atoms with Crippen molar-refractivity contribution in [1.82, 2.24) is 4.98 Å². The summed E-state index contributed by atoms with van der Waals surface area (Å²) in [6.45, 7) is 18.3. The zero-order valence-corrected chi connectivity index (χ0v) is 20.5. The molecule has 2 aromatic rings. The van der Waals surface area contributed by atoms with E-state index in [4.69, 9.17) is 4.42 Å². The molecule has 1 amide bonds. The highest BCUT2D eigenvalue weighted by Crippen LogP contribution is 2.27. The lowest BCUT2D eigenvalue weighted by Crippen LogP contribution is -2.36. The van der Waals surface area contributed by atoms with Crippen LogP contribution in [0.2, 0.25) is 0 Å². The van der Waals surface area contributed by atoms with E-state index in [1.165, 1.54) is 17.3 Å². The quantitative estimate of drug-likeness (QED) is 0.593. The number of para-hydroxylation sites is 1. The Morgan fingerprint density at radius 3 is 2.50 bits per heavy atom. The minimum absolute atomic E-state index is 0.0848. The number of hydrogen-bond acceptors (Lipinski definition) is 4. The molecule has 1 aliphatic rings. The highest BCUT2D eigenvalue weighted by molar-refractivity contribution is 7.99. The number of nitrogens with zero attached hydrogens (tertiary/aromatic N) is 2. The number of oxazole rings is 1. The molecule has 0 aliphatic carbocycles. The first-order valence-corrected chi connectivity index (χ1v) is 12.0. The van der Waals surface area contributed by atoms with E-state index in [2.05, 4.69) is 17.6 Å². The molecule has 0 unspecified atom stereocenters. The zero-order chi connectivity index (χ0) is 22.9. The van der Waals surface area contributed by atoms with Gasteiger partial charge in [0.2, 0.25) is 5.91 Å². The summed E-state index contributed by atoms with van der Waals surface area (Å²) in [7, 11) is 0. The lowest BCUT2D eigenvalue weighted by Gasteiger charge is -2.29. The van der Waals surface area contributed by atoms with Crippen LogP contribution in [0, 0.1) is 0 Å². The first kappa shape index (κ1) is 27.7. The molecule has 0 atom stereocenters. The van der Waals surface area contributed by atoms with E-state index in [0.717, 1.165) is 30.4 Å². The fourth-order valence-electron chi connectivity index (χ4n) is 2.82. The van der Waals surface area contributed by atoms with E-state index in [1.807, 2.05) is 77.6 Å². The Balaban J connectivity index is 0.00000129. The van der Waals surface area contributed by atoms with Crippen LogP contribution in [0.1, 0.15) is 60.5 Å². The molecule has 2 heterocycles. The van der Waals surface area contributed by atoms with Gasteiger partial charge in [0.05, 0.1) is 5.75 Å². The Hall–Kier alpha value is -2.27. The van der Waals surface area contributed by atoms with Gasteiger partial charge in [0.1, 0.15) is 5.35 Å². The van der Waals surface area contributed by atoms with Gasteiger partial charge in [-0.25, -0.2) is 4.98 Å².